The number of rotatable bonds is 5. The molecule has 1 unspecified atom stereocenters. The number of aromatic nitrogens is 3. The van der Waals surface area contributed by atoms with E-state index in [-0.39, 0.29) is 6.54 Å². The summed E-state index contributed by atoms with van der Waals surface area (Å²) in [5, 5.41) is 6.30. The summed E-state index contributed by atoms with van der Waals surface area (Å²) >= 11 is 0. The third kappa shape index (κ3) is 2.84. The molecule has 4 amide bonds. The molecule has 0 bridgehead atoms. The van der Waals surface area contributed by atoms with Gasteiger partial charge in [-0.25, -0.2) is 9.78 Å². The van der Waals surface area contributed by atoms with Crippen LogP contribution >= 0.6 is 0 Å². The molecule has 2 heterocycles. The number of barbiturate groups is 1. The number of hydrogen-bond donors (Lipinski definition) is 1. The number of carbonyl (C=O) groups is 3. The molecule has 0 saturated carbocycles. The van der Waals surface area contributed by atoms with Crippen molar-refractivity contribution in [2.75, 3.05) is 6.54 Å². The maximum absolute atomic E-state index is 12.2. The standard InChI is InChI=1S/C12H17N5O3/c1-3-4-8-10(18)14-12(20)17(11(8)19)6-5-9-13-7-16(2)15-9/h7-8H,3-6H2,1-2H3,(H,14,18,20). The highest BCUT2D eigenvalue weighted by atomic mass is 16.2. The minimum Gasteiger partial charge on any atom is -0.277 e. The summed E-state index contributed by atoms with van der Waals surface area (Å²) in [6.45, 7) is 2.06. The first-order valence-corrected chi connectivity index (χ1v) is 6.53. The number of amides is 4. The first-order chi connectivity index (χ1) is 9.52. The summed E-state index contributed by atoms with van der Waals surface area (Å²) in [5.41, 5.74) is 0. The Kier molecular flexibility index (Phi) is 4.11. The largest absolute Gasteiger partial charge is 0.330 e. The van der Waals surface area contributed by atoms with E-state index in [0.29, 0.717) is 25.1 Å². The molecule has 0 spiro atoms. The van der Waals surface area contributed by atoms with Crippen molar-refractivity contribution in [3.63, 3.8) is 0 Å². The molecule has 0 radical (unpaired) electrons. The van der Waals surface area contributed by atoms with Gasteiger partial charge in [0, 0.05) is 20.0 Å². The van der Waals surface area contributed by atoms with E-state index in [4.69, 9.17) is 0 Å². The minimum atomic E-state index is -0.769. The second kappa shape index (κ2) is 5.81. The zero-order valence-corrected chi connectivity index (χ0v) is 11.5. The molecule has 108 valence electrons. The van der Waals surface area contributed by atoms with Crippen LogP contribution in [0.4, 0.5) is 4.79 Å². The third-order valence-corrected chi connectivity index (χ3v) is 3.14. The van der Waals surface area contributed by atoms with Crippen molar-refractivity contribution in [3.05, 3.63) is 12.2 Å². The predicted octanol–water partition coefficient (Wildman–Crippen LogP) is -0.148. The van der Waals surface area contributed by atoms with Gasteiger partial charge in [-0.1, -0.05) is 13.3 Å². The van der Waals surface area contributed by atoms with Gasteiger partial charge in [0.15, 0.2) is 5.82 Å². The molecule has 1 aromatic heterocycles. The highest BCUT2D eigenvalue weighted by Gasteiger charge is 2.39. The summed E-state index contributed by atoms with van der Waals surface area (Å²) in [6.07, 6.45) is 3.06. The Balaban J connectivity index is 2.03. The van der Waals surface area contributed by atoms with Gasteiger partial charge in [-0.3, -0.25) is 24.5 Å². The molecule has 20 heavy (non-hydrogen) atoms. The van der Waals surface area contributed by atoms with E-state index in [1.807, 2.05) is 6.92 Å². The zero-order valence-electron chi connectivity index (χ0n) is 11.5. The molecule has 1 fully saturated rings. The molecule has 0 aliphatic carbocycles. The summed E-state index contributed by atoms with van der Waals surface area (Å²) < 4.78 is 1.55. The third-order valence-electron chi connectivity index (χ3n) is 3.14. The van der Waals surface area contributed by atoms with Gasteiger partial charge in [0.05, 0.1) is 0 Å². The lowest BCUT2D eigenvalue weighted by Gasteiger charge is -2.29. The lowest BCUT2D eigenvalue weighted by Crippen LogP contribution is -2.58. The van der Waals surface area contributed by atoms with Crippen molar-refractivity contribution in [1.29, 1.82) is 0 Å². The number of urea groups is 1. The lowest BCUT2D eigenvalue weighted by molar-refractivity contribution is -0.142. The first kappa shape index (κ1) is 14.2. The number of imide groups is 2. The normalized spacial score (nSPS) is 19.4. The Labute approximate surface area is 116 Å². The highest BCUT2D eigenvalue weighted by molar-refractivity contribution is 6.16. The first-order valence-electron chi connectivity index (χ1n) is 6.53. The van der Waals surface area contributed by atoms with Crippen LogP contribution in [0.25, 0.3) is 0 Å². The van der Waals surface area contributed by atoms with Crippen LogP contribution in [0.5, 0.6) is 0 Å². The summed E-state index contributed by atoms with van der Waals surface area (Å²) in [4.78, 5) is 40.6. The average Bonchev–Trinajstić information content (AvgIpc) is 2.80. The predicted molar refractivity (Wildman–Crippen MR) is 68.4 cm³/mol. The lowest BCUT2D eigenvalue weighted by atomic mass is 9.99. The van der Waals surface area contributed by atoms with Gasteiger partial charge in [0.2, 0.25) is 11.8 Å². The van der Waals surface area contributed by atoms with E-state index < -0.39 is 23.8 Å². The topological polar surface area (TPSA) is 97.2 Å². The molecular weight excluding hydrogens is 262 g/mol. The SMILES string of the molecule is CCCC1C(=O)NC(=O)N(CCc2ncn(C)n2)C1=O. The number of carbonyl (C=O) groups excluding carboxylic acids is 3. The fourth-order valence-electron chi connectivity index (χ4n) is 2.13. The monoisotopic (exact) mass is 279 g/mol. The molecule has 8 heteroatoms. The molecular formula is C12H17N5O3. The van der Waals surface area contributed by atoms with Crippen LogP contribution in [0.1, 0.15) is 25.6 Å². The van der Waals surface area contributed by atoms with Crippen LogP contribution in [0, 0.1) is 5.92 Å². The number of hydrogen-bond acceptors (Lipinski definition) is 5. The molecule has 8 nitrogen and oxygen atoms in total. The molecule has 1 atom stereocenters. The molecule has 1 aliphatic rings. The second-order valence-corrected chi connectivity index (χ2v) is 4.71. The van der Waals surface area contributed by atoms with Crippen LogP contribution in [0.2, 0.25) is 0 Å². The Morgan fingerprint density at radius 1 is 1.35 bits per heavy atom. The summed E-state index contributed by atoms with van der Waals surface area (Å²) in [7, 11) is 1.74. The fraction of sp³-hybridized carbons (Fsp3) is 0.583. The molecule has 0 aromatic carbocycles. The van der Waals surface area contributed by atoms with Gasteiger partial charge in [-0.2, -0.15) is 5.10 Å². The van der Waals surface area contributed by atoms with Crippen LogP contribution in [-0.2, 0) is 23.1 Å². The van der Waals surface area contributed by atoms with E-state index >= 15 is 0 Å². The fourth-order valence-corrected chi connectivity index (χ4v) is 2.13. The van der Waals surface area contributed by atoms with Crippen molar-refractivity contribution >= 4 is 17.8 Å². The maximum Gasteiger partial charge on any atom is 0.330 e. The smallest absolute Gasteiger partial charge is 0.277 e. The van der Waals surface area contributed by atoms with Gasteiger partial charge in [-0.05, 0) is 6.42 Å². The quantitative estimate of drug-likeness (QED) is 0.756. The number of nitrogens with zero attached hydrogens (tertiary/aromatic N) is 4. The zero-order chi connectivity index (χ0) is 14.7. The van der Waals surface area contributed by atoms with Gasteiger partial charge >= 0.3 is 6.03 Å². The second-order valence-electron chi connectivity index (χ2n) is 4.71. The Hall–Kier alpha value is -2.25. The van der Waals surface area contributed by atoms with E-state index in [1.54, 1.807) is 18.1 Å². The summed E-state index contributed by atoms with van der Waals surface area (Å²) in [5.74, 6) is -1.16. The van der Waals surface area contributed by atoms with Crippen molar-refractivity contribution in [2.24, 2.45) is 13.0 Å². The molecule has 2 rings (SSSR count). The Morgan fingerprint density at radius 3 is 2.70 bits per heavy atom. The van der Waals surface area contributed by atoms with E-state index in [1.165, 1.54) is 0 Å². The van der Waals surface area contributed by atoms with Crippen LogP contribution < -0.4 is 5.32 Å². The van der Waals surface area contributed by atoms with E-state index in [0.717, 1.165) is 4.90 Å². The van der Waals surface area contributed by atoms with Gasteiger partial charge < -0.3 is 0 Å². The van der Waals surface area contributed by atoms with Crippen molar-refractivity contribution in [3.8, 4) is 0 Å². The Morgan fingerprint density at radius 2 is 2.10 bits per heavy atom. The molecule has 1 saturated heterocycles. The van der Waals surface area contributed by atoms with Crippen LogP contribution in [0.15, 0.2) is 6.33 Å². The molecule has 1 N–H and O–H groups in total. The van der Waals surface area contributed by atoms with Crippen LogP contribution in [-0.4, -0.2) is 44.1 Å². The van der Waals surface area contributed by atoms with Gasteiger partial charge in [0.1, 0.15) is 12.2 Å². The number of nitrogens with one attached hydrogen (secondary N) is 1. The minimum absolute atomic E-state index is 0.169. The van der Waals surface area contributed by atoms with Gasteiger partial charge in [-0.15, -0.1) is 0 Å². The molecule has 1 aliphatic heterocycles. The van der Waals surface area contributed by atoms with Gasteiger partial charge in [0.25, 0.3) is 0 Å². The molecule has 1 aromatic rings. The number of aryl methyl sites for hydroxylation is 1. The van der Waals surface area contributed by atoms with Crippen molar-refractivity contribution in [2.45, 2.75) is 26.2 Å². The van der Waals surface area contributed by atoms with Crippen molar-refractivity contribution in [1.82, 2.24) is 25.0 Å². The maximum atomic E-state index is 12.2. The highest BCUT2D eigenvalue weighted by Crippen LogP contribution is 2.16. The summed E-state index contributed by atoms with van der Waals surface area (Å²) in [6, 6.07) is -0.664. The van der Waals surface area contributed by atoms with Crippen LogP contribution in [0.3, 0.4) is 0 Å². The van der Waals surface area contributed by atoms with Crippen molar-refractivity contribution < 1.29 is 14.4 Å². The van der Waals surface area contributed by atoms with E-state index in [9.17, 15) is 14.4 Å². The van der Waals surface area contributed by atoms with E-state index in [2.05, 4.69) is 15.4 Å². The average molecular weight is 279 g/mol. The Bertz CT molecular complexity index is 539.